The molecular weight excluding hydrogens is 227 g/mol. The zero-order valence-electron chi connectivity index (χ0n) is 12.2. The Morgan fingerprint density at radius 3 is 2.50 bits per heavy atom. The Bertz CT molecular complexity index is 383. The van der Waals surface area contributed by atoms with E-state index < -0.39 is 0 Å². The van der Waals surface area contributed by atoms with Crippen LogP contribution in [0.3, 0.4) is 0 Å². The molecule has 18 heavy (non-hydrogen) atoms. The molecule has 0 atom stereocenters. The molecule has 0 radical (unpaired) electrons. The summed E-state index contributed by atoms with van der Waals surface area (Å²) in [7, 11) is 2.09. The third-order valence-corrected chi connectivity index (χ3v) is 2.89. The second kappa shape index (κ2) is 6.30. The van der Waals surface area contributed by atoms with Crippen molar-refractivity contribution in [3.63, 3.8) is 0 Å². The summed E-state index contributed by atoms with van der Waals surface area (Å²) < 4.78 is 13.0. The molecule has 0 aliphatic rings. The summed E-state index contributed by atoms with van der Waals surface area (Å²) in [6.07, 6.45) is 0. The van der Waals surface area contributed by atoms with E-state index in [2.05, 4.69) is 38.0 Å². The highest BCUT2D eigenvalue weighted by Gasteiger charge is 2.09. The molecule has 0 saturated carbocycles. The average Bonchev–Trinajstić information content (AvgIpc) is 2.20. The fourth-order valence-corrected chi connectivity index (χ4v) is 1.83. The molecule has 0 bridgehead atoms. The van der Waals surface area contributed by atoms with Gasteiger partial charge in [0.1, 0.15) is 5.82 Å². The molecule has 1 aromatic carbocycles. The highest BCUT2D eigenvalue weighted by atomic mass is 19.1. The lowest BCUT2D eigenvalue weighted by Gasteiger charge is -2.24. The van der Waals surface area contributed by atoms with Gasteiger partial charge < -0.3 is 10.2 Å². The van der Waals surface area contributed by atoms with Gasteiger partial charge in [-0.3, -0.25) is 0 Å². The van der Waals surface area contributed by atoms with Crippen molar-refractivity contribution in [3.05, 3.63) is 35.1 Å². The van der Waals surface area contributed by atoms with Gasteiger partial charge >= 0.3 is 0 Å². The van der Waals surface area contributed by atoms with Gasteiger partial charge in [-0.05, 0) is 58.0 Å². The van der Waals surface area contributed by atoms with Crippen LogP contribution in [0.25, 0.3) is 0 Å². The number of nitrogens with zero attached hydrogens (tertiary/aromatic N) is 1. The molecule has 1 N–H and O–H groups in total. The molecule has 0 unspecified atom stereocenters. The summed E-state index contributed by atoms with van der Waals surface area (Å²) >= 11 is 0. The van der Waals surface area contributed by atoms with E-state index in [0.29, 0.717) is 0 Å². The molecule has 0 heterocycles. The average molecular weight is 252 g/mol. The molecule has 0 fully saturated rings. The molecule has 102 valence electrons. The fourth-order valence-electron chi connectivity index (χ4n) is 1.83. The van der Waals surface area contributed by atoms with Crippen LogP contribution in [0.5, 0.6) is 0 Å². The minimum atomic E-state index is -0.159. The van der Waals surface area contributed by atoms with Crippen molar-refractivity contribution >= 4 is 0 Å². The van der Waals surface area contributed by atoms with Crippen LogP contribution in [0, 0.1) is 12.7 Å². The summed E-state index contributed by atoms with van der Waals surface area (Å²) in [6, 6.07) is 5.00. The molecule has 1 aromatic rings. The zero-order valence-corrected chi connectivity index (χ0v) is 12.2. The van der Waals surface area contributed by atoms with Crippen LogP contribution < -0.4 is 5.32 Å². The van der Waals surface area contributed by atoms with E-state index in [1.807, 2.05) is 13.0 Å². The summed E-state index contributed by atoms with van der Waals surface area (Å²) in [5.74, 6) is -0.159. The van der Waals surface area contributed by atoms with Gasteiger partial charge in [-0.1, -0.05) is 6.07 Å². The third kappa shape index (κ3) is 5.61. The maximum Gasteiger partial charge on any atom is 0.123 e. The lowest BCUT2D eigenvalue weighted by molar-refractivity contribution is 0.303. The van der Waals surface area contributed by atoms with Crippen LogP contribution in [-0.4, -0.2) is 30.6 Å². The van der Waals surface area contributed by atoms with Crippen LogP contribution in [-0.2, 0) is 6.54 Å². The molecule has 0 saturated heterocycles. The predicted octanol–water partition coefficient (Wildman–Crippen LogP) is 2.95. The SMILES string of the molecule is Cc1cc(F)ccc1CN(C)CCNC(C)(C)C. The quantitative estimate of drug-likeness (QED) is 0.866. The highest BCUT2D eigenvalue weighted by Crippen LogP contribution is 2.11. The van der Waals surface area contributed by atoms with Crippen molar-refractivity contribution in [2.24, 2.45) is 0 Å². The van der Waals surface area contributed by atoms with Crippen molar-refractivity contribution in [3.8, 4) is 0 Å². The number of nitrogens with one attached hydrogen (secondary N) is 1. The van der Waals surface area contributed by atoms with E-state index in [-0.39, 0.29) is 11.4 Å². The number of hydrogen-bond acceptors (Lipinski definition) is 2. The van der Waals surface area contributed by atoms with E-state index in [9.17, 15) is 4.39 Å². The Morgan fingerprint density at radius 2 is 1.94 bits per heavy atom. The molecule has 3 heteroatoms. The van der Waals surface area contributed by atoms with Gasteiger partial charge in [-0.15, -0.1) is 0 Å². The number of aryl methyl sites for hydroxylation is 1. The van der Waals surface area contributed by atoms with E-state index >= 15 is 0 Å². The van der Waals surface area contributed by atoms with Crippen LogP contribution in [0.1, 0.15) is 31.9 Å². The van der Waals surface area contributed by atoms with Crippen LogP contribution >= 0.6 is 0 Å². The standard InChI is InChI=1S/C15H25FN2/c1-12-10-14(16)7-6-13(12)11-18(5)9-8-17-15(2,3)4/h6-7,10,17H,8-9,11H2,1-5H3. The minimum absolute atomic E-state index is 0.159. The Labute approximate surface area is 110 Å². The largest absolute Gasteiger partial charge is 0.311 e. The lowest BCUT2D eigenvalue weighted by Crippen LogP contribution is -2.40. The first-order valence-electron chi connectivity index (χ1n) is 6.46. The topological polar surface area (TPSA) is 15.3 Å². The van der Waals surface area contributed by atoms with E-state index in [1.54, 1.807) is 6.07 Å². The Balaban J connectivity index is 2.42. The Kier molecular flexibility index (Phi) is 5.29. The number of likely N-dealkylation sites (N-methyl/N-ethyl adjacent to an activating group) is 1. The fraction of sp³-hybridized carbons (Fsp3) is 0.600. The van der Waals surface area contributed by atoms with Gasteiger partial charge in [0.2, 0.25) is 0 Å². The Morgan fingerprint density at radius 1 is 1.28 bits per heavy atom. The van der Waals surface area contributed by atoms with Crippen LogP contribution in [0.4, 0.5) is 4.39 Å². The summed E-state index contributed by atoms with van der Waals surface area (Å²) in [6.45, 7) is 11.2. The summed E-state index contributed by atoms with van der Waals surface area (Å²) in [5, 5.41) is 3.46. The van der Waals surface area contributed by atoms with E-state index in [0.717, 1.165) is 25.2 Å². The maximum absolute atomic E-state index is 13.0. The molecule has 0 aromatic heterocycles. The van der Waals surface area contributed by atoms with Gasteiger partial charge in [0.05, 0.1) is 0 Å². The van der Waals surface area contributed by atoms with Gasteiger partial charge in [-0.2, -0.15) is 0 Å². The van der Waals surface area contributed by atoms with Crippen molar-refractivity contribution in [1.82, 2.24) is 10.2 Å². The van der Waals surface area contributed by atoms with E-state index in [4.69, 9.17) is 0 Å². The van der Waals surface area contributed by atoms with Crippen molar-refractivity contribution in [2.75, 3.05) is 20.1 Å². The number of benzene rings is 1. The first-order chi connectivity index (χ1) is 8.28. The van der Waals surface area contributed by atoms with Crippen LogP contribution in [0.15, 0.2) is 18.2 Å². The third-order valence-electron chi connectivity index (χ3n) is 2.89. The van der Waals surface area contributed by atoms with Gasteiger partial charge in [-0.25, -0.2) is 4.39 Å². The molecule has 0 aliphatic carbocycles. The number of halogens is 1. The van der Waals surface area contributed by atoms with Crippen molar-refractivity contribution in [1.29, 1.82) is 0 Å². The van der Waals surface area contributed by atoms with Crippen molar-refractivity contribution in [2.45, 2.75) is 39.8 Å². The Hall–Kier alpha value is -0.930. The van der Waals surface area contributed by atoms with Crippen molar-refractivity contribution < 1.29 is 4.39 Å². The van der Waals surface area contributed by atoms with Crippen LogP contribution in [0.2, 0.25) is 0 Å². The number of rotatable bonds is 5. The maximum atomic E-state index is 13.0. The summed E-state index contributed by atoms with van der Waals surface area (Å²) in [5.41, 5.74) is 2.37. The van der Waals surface area contributed by atoms with Gasteiger partial charge in [0.15, 0.2) is 0 Å². The molecule has 2 nitrogen and oxygen atoms in total. The zero-order chi connectivity index (χ0) is 13.8. The van der Waals surface area contributed by atoms with E-state index in [1.165, 1.54) is 11.6 Å². The van der Waals surface area contributed by atoms with Gasteiger partial charge in [0.25, 0.3) is 0 Å². The lowest BCUT2D eigenvalue weighted by atomic mass is 10.1. The smallest absolute Gasteiger partial charge is 0.123 e. The molecular formula is C15H25FN2. The number of hydrogen-bond donors (Lipinski definition) is 1. The molecule has 0 aliphatic heterocycles. The molecule has 0 spiro atoms. The van der Waals surface area contributed by atoms with Gasteiger partial charge in [0, 0.05) is 25.2 Å². The first kappa shape index (κ1) is 15.1. The second-order valence-electron chi connectivity index (χ2n) is 5.99. The monoisotopic (exact) mass is 252 g/mol. The normalized spacial score (nSPS) is 12.2. The molecule has 0 amide bonds. The minimum Gasteiger partial charge on any atom is -0.311 e. The first-order valence-corrected chi connectivity index (χ1v) is 6.46. The second-order valence-corrected chi connectivity index (χ2v) is 5.99. The summed E-state index contributed by atoms with van der Waals surface area (Å²) in [4.78, 5) is 2.25. The highest BCUT2D eigenvalue weighted by molar-refractivity contribution is 5.26. The predicted molar refractivity (Wildman–Crippen MR) is 75.2 cm³/mol. The molecule has 1 rings (SSSR count).